The van der Waals surface area contributed by atoms with E-state index < -0.39 is 5.97 Å². The third kappa shape index (κ3) is 3.34. The lowest BCUT2D eigenvalue weighted by Crippen LogP contribution is -2.02. The second kappa shape index (κ2) is 7.40. The van der Waals surface area contributed by atoms with Crippen molar-refractivity contribution in [1.29, 1.82) is 0 Å². The first-order valence-corrected chi connectivity index (χ1v) is 9.52. The molecule has 0 N–H and O–H groups in total. The summed E-state index contributed by atoms with van der Waals surface area (Å²) in [4.78, 5) is 24.5. The van der Waals surface area contributed by atoms with Gasteiger partial charge in [0.2, 0.25) is 0 Å². The van der Waals surface area contributed by atoms with E-state index in [9.17, 15) is 9.59 Å². The summed E-state index contributed by atoms with van der Waals surface area (Å²) in [7, 11) is 1.98. The average molecular weight is 383 g/mol. The Morgan fingerprint density at radius 3 is 2.21 bits per heavy atom. The van der Waals surface area contributed by atoms with E-state index in [-0.39, 0.29) is 5.78 Å². The minimum Gasteiger partial charge on any atom is -0.423 e. The van der Waals surface area contributed by atoms with Crippen LogP contribution < -0.4 is 4.74 Å². The fourth-order valence-electron chi connectivity index (χ4n) is 3.62. The third-order valence-electron chi connectivity index (χ3n) is 5.25. The molecule has 4 heteroatoms. The van der Waals surface area contributed by atoms with Crippen LogP contribution in [0.15, 0.2) is 73.3 Å². The number of carbonyl (C=O) groups is 2. The number of aryl methyl sites for hydroxylation is 2. The second-order valence-electron chi connectivity index (χ2n) is 6.97. The van der Waals surface area contributed by atoms with E-state index >= 15 is 0 Å². The van der Waals surface area contributed by atoms with Gasteiger partial charge in [-0.1, -0.05) is 37.8 Å². The number of ketones is 1. The maximum atomic E-state index is 13.0. The molecule has 0 atom stereocenters. The number of rotatable bonds is 5. The summed E-state index contributed by atoms with van der Waals surface area (Å²) in [5, 5.41) is 1.86. The first-order valence-electron chi connectivity index (χ1n) is 9.52. The van der Waals surface area contributed by atoms with E-state index in [4.69, 9.17) is 4.74 Å². The molecule has 144 valence electrons. The van der Waals surface area contributed by atoms with Crippen LogP contribution >= 0.6 is 0 Å². The number of fused-ring (bicyclic) bond motifs is 3. The van der Waals surface area contributed by atoms with Crippen molar-refractivity contribution >= 4 is 33.6 Å². The summed E-state index contributed by atoms with van der Waals surface area (Å²) in [6.45, 7) is 5.52. The van der Waals surface area contributed by atoms with E-state index in [1.165, 1.54) is 5.56 Å². The maximum absolute atomic E-state index is 13.0. The molecule has 0 saturated carbocycles. The Morgan fingerprint density at radius 1 is 0.931 bits per heavy atom. The van der Waals surface area contributed by atoms with Crippen molar-refractivity contribution in [2.45, 2.75) is 13.3 Å². The predicted molar refractivity (Wildman–Crippen MR) is 116 cm³/mol. The fourth-order valence-corrected chi connectivity index (χ4v) is 3.62. The van der Waals surface area contributed by atoms with Crippen LogP contribution in [0.3, 0.4) is 0 Å². The molecule has 1 aromatic heterocycles. The summed E-state index contributed by atoms with van der Waals surface area (Å²) in [5.74, 6) is -0.0708. The lowest BCUT2D eigenvalue weighted by Gasteiger charge is -2.04. The minimum atomic E-state index is -0.504. The molecule has 1 heterocycles. The summed E-state index contributed by atoms with van der Waals surface area (Å²) in [5.41, 5.74) is 4.50. The Morgan fingerprint density at radius 2 is 1.55 bits per heavy atom. The van der Waals surface area contributed by atoms with Crippen molar-refractivity contribution < 1.29 is 14.3 Å². The maximum Gasteiger partial charge on any atom is 0.335 e. The molecule has 4 aromatic rings. The second-order valence-corrected chi connectivity index (χ2v) is 6.97. The van der Waals surface area contributed by atoms with Gasteiger partial charge in [0, 0.05) is 46.1 Å². The van der Waals surface area contributed by atoms with Gasteiger partial charge in [0.05, 0.1) is 0 Å². The van der Waals surface area contributed by atoms with Gasteiger partial charge in [-0.3, -0.25) is 4.79 Å². The van der Waals surface area contributed by atoms with Crippen molar-refractivity contribution in [3.63, 3.8) is 0 Å². The zero-order chi connectivity index (χ0) is 20.5. The highest BCUT2D eigenvalue weighted by Crippen LogP contribution is 2.32. The number of benzene rings is 3. The van der Waals surface area contributed by atoms with Gasteiger partial charge < -0.3 is 9.30 Å². The van der Waals surface area contributed by atoms with Crippen molar-refractivity contribution in [1.82, 2.24) is 4.57 Å². The highest BCUT2D eigenvalue weighted by atomic mass is 16.5. The molecule has 0 unspecified atom stereocenters. The van der Waals surface area contributed by atoms with Crippen LogP contribution in [0.25, 0.3) is 21.8 Å². The topological polar surface area (TPSA) is 48.3 Å². The van der Waals surface area contributed by atoms with Crippen molar-refractivity contribution in [3.05, 3.63) is 90.0 Å². The number of aromatic nitrogens is 1. The molecule has 3 aromatic carbocycles. The summed E-state index contributed by atoms with van der Waals surface area (Å²) >= 11 is 0. The Balaban J connectivity index is 1.81. The Bertz CT molecular complexity index is 1260. The zero-order valence-corrected chi connectivity index (χ0v) is 16.4. The normalized spacial score (nSPS) is 11.0. The predicted octanol–water partition coefficient (Wildman–Crippen LogP) is 5.22. The SMILES string of the molecule is C=CC(=O)Oc1ccc2c(c1)c1cc(C(=O)c3ccc(CC)cc3)ccc1n2C. The lowest BCUT2D eigenvalue weighted by molar-refractivity contribution is -0.128. The van der Waals surface area contributed by atoms with E-state index in [0.717, 1.165) is 34.3 Å². The van der Waals surface area contributed by atoms with Crippen LogP contribution in [-0.4, -0.2) is 16.3 Å². The summed E-state index contributed by atoms with van der Waals surface area (Å²) in [6, 6.07) is 18.9. The largest absolute Gasteiger partial charge is 0.423 e. The van der Waals surface area contributed by atoms with Crippen molar-refractivity contribution in [2.24, 2.45) is 7.05 Å². The molecule has 29 heavy (non-hydrogen) atoms. The molecule has 0 amide bonds. The first-order chi connectivity index (χ1) is 14.0. The average Bonchev–Trinajstić information content (AvgIpc) is 3.04. The van der Waals surface area contributed by atoms with Gasteiger partial charge in [-0.2, -0.15) is 0 Å². The first kappa shape index (κ1) is 18.7. The smallest absolute Gasteiger partial charge is 0.335 e. The van der Waals surface area contributed by atoms with Gasteiger partial charge in [0.1, 0.15) is 5.75 Å². The molecule has 0 spiro atoms. The Labute approximate surface area is 169 Å². The fraction of sp³-hybridized carbons (Fsp3) is 0.120. The Kier molecular flexibility index (Phi) is 4.77. The van der Waals surface area contributed by atoms with E-state index in [1.54, 1.807) is 6.07 Å². The van der Waals surface area contributed by atoms with Crippen molar-refractivity contribution in [3.8, 4) is 5.75 Å². The molecule has 4 nitrogen and oxygen atoms in total. The Hall–Kier alpha value is -3.66. The number of ether oxygens (including phenoxy) is 1. The number of hydrogen-bond donors (Lipinski definition) is 0. The highest BCUT2D eigenvalue weighted by molar-refractivity contribution is 6.14. The number of nitrogens with zero attached hydrogens (tertiary/aromatic N) is 1. The molecule has 0 aliphatic heterocycles. The van der Waals surface area contributed by atoms with Crippen LogP contribution in [0.5, 0.6) is 5.75 Å². The standard InChI is InChI=1S/C25H21NO3/c1-4-16-6-8-17(9-7-16)25(28)18-10-12-22-20(14-18)21-15-19(29-24(27)5-2)11-13-23(21)26(22)3/h5-15H,2,4H2,1,3H3. The molecule has 0 aliphatic carbocycles. The van der Waals surface area contributed by atoms with Gasteiger partial charge in [-0.25, -0.2) is 4.79 Å². The lowest BCUT2D eigenvalue weighted by atomic mass is 9.99. The minimum absolute atomic E-state index is 0.0132. The summed E-state index contributed by atoms with van der Waals surface area (Å²) < 4.78 is 7.33. The molecule has 0 saturated heterocycles. The molecule has 0 bridgehead atoms. The van der Waals surface area contributed by atoms with Crippen LogP contribution in [-0.2, 0) is 18.3 Å². The zero-order valence-electron chi connectivity index (χ0n) is 16.4. The van der Waals surface area contributed by atoms with E-state index in [1.807, 2.05) is 61.6 Å². The molecule has 0 radical (unpaired) electrons. The van der Waals surface area contributed by atoms with E-state index in [0.29, 0.717) is 16.9 Å². The van der Waals surface area contributed by atoms with Gasteiger partial charge in [-0.15, -0.1) is 0 Å². The van der Waals surface area contributed by atoms with Gasteiger partial charge in [0.25, 0.3) is 0 Å². The van der Waals surface area contributed by atoms with Crippen molar-refractivity contribution in [2.75, 3.05) is 0 Å². The van der Waals surface area contributed by atoms with Crippen LogP contribution in [0.2, 0.25) is 0 Å². The molecular weight excluding hydrogens is 362 g/mol. The van der Waals surface area contributed by atoms with Gasteiger partial charge >= 0.3 is 5.97 Å². The number of esters is 1. The van der Waals surface area contributed by atoms with Gasteiger partial charge in [0.15, 0.2) is 5.78 Å². The van der Waals surface area contributed by atoms with E-state index in [2.05, 4.69) is 18.1 Å². The van der Waals surface area contributed by atoms with Crippen LogP contribution in [0.4, 0.5) is 0 Å². The number of hydrogen-bond acceptors (Lipinski definition) is 3. The molecule has 0 fully saturated rings. The van der Waals surface area contributed by atoms with Crippen LogP contribution in [0, 0.1) is 0 Å². The number of carbonyl (C=O) groups excluding carboxylic acids is 2. The molecule has 4 rings (SSSR count). The monoisotopic (exact) mass is 383 g/mol. The van der Waals surface area contributed by atoms with Gasteiger partial charge in [-0.05, 0) is 48.4 Å². The highest BCUT2D eigenvalue weighted by Gasteiger charge is 2.14. The molecule has 0 aliphatic rings. The third-order valence-corrected chi connectivity index (χ3v) is 5.25. The molecular formula is C25H21NO3. The summed E-state index contributed by atoms with van der Waals surface area (Å²) in [6.07, 6.45) is 2.07. The van der Waals surface area contributed by atoms with Crippen LogP contribution in [0.1, 0.15) is 28.4 Å². The quantitative estimate of drug-likeness (QED) is 0.206.